The number of ether oxygens (including phenoxy) is 2. The molecule has 0 saturated carbocycles. The van der Waals surface area contributed by atoms with Gasteiger partial charge in [0.1, 0.15) is 11.5 Å². The first-order chi connectivity index (χ1) is 27.2. The summed E-state index contributed by atoms with van der Waals surface area (Å²) < 4.78 is 16.2. The Morgan fingerprint density at radius 2 is 1.13 bits per heavy atom. The molecule has 0 fully saturated rings. The third-order valence-corrected chi connectivity index (χ3v) is 11.7. The van der Waals surface area contributed by atoms with Crippen LogP contribution in [-0.4, -0.2) is 18.8 Å². The molecule has 0 radical (unpaired) electrons. The van der Waals surface area contributed by atoms with E-state index in [1.54, 1.807) is 14.2 Å². The van der Waals surface area contributed by atoms with Crippen molar-refractivity contribution in [2.24, 2.45) is 0 Å². The second-order valence-corrected chi connectivity index (χ2v) is 14.8. The van der Waals surface area contributed by atoms with Gasteiger partial charge in [-0.1, -0.05) is 84.9 Å². The fourth-order valence-corrected chi connectivity index (χ4v) is 9.09. The van der Waals surface area contributed by atoms with Gasteiger partial charge in [0.05, 0.1) is 30.9 Å². The number of rotatable bonds is 8. The number of hydrogen-bond acceptors (Lipinski definition) is 4. The lowest BCUT2D eigenvalue weighted by Gasteiger charge is -2.26. The summed E-state index contributed by atoms with van der Waals surface area (Å²) in [6.45, 7) is 0. The summed E-state index contributed by atoms with van der Waals surface area (Å²) in [6, 6.07) is 65.3. The largest absolute Gasteiger partial charge is 0.497 e. The van der Waals surface area contributed by atoms with Crippen LogP contribution in [0, 0.1) is 0 Å². The van der Waals surface area contributed by atoms with E-state index in [2.05, 4.69) is 167 Å². The zero-order chi connectivity index (χ0) is 36.9. The zero-order valence-electron chi connectivity index (χ0n) is 30.4. The molecule has 2 heterocycles. The maximum atomic E-state index is 5.60. The van der Waals surface area contributed by atoms with Crippen molar-refractivity contribution in [3.05, 3.63) is 182 Å². The van der Waals surface area contributed by atoms with Crippen LogP contribution in [0.25, 0.3) is 69.9 Å². The molecule has 0 aliphatic carbocycles. The summed E-state index contributed by atoms with van der Waals surface area (Å²) in [5.74, 6) is 1.66. The van der Waals surface area contributed by atoms with E-state index in [0.29, 0.717) is 0 Å². The molecule has 2 aromatic heterocycles. The molecular weight excluding hydrogens is 693 g/mol. The highest BCUT2D eigenvalue weighted by Gasteiger charge is 2.24. The van der Waals surface area contributed by atoms with E-state index in [4.69, 9.17) is 9.47 Å². The van der Waals surface area contributed by atoms with Crippen LogP contribution in [0.4, 0.5) is 17.1 Å². The minimum atomic E-state index is 0.825. The number of methoxy groups -OCH3 is 2. The molecule has 0 N–H and O–H groups in total. The lowest BCUT2D eigenvalue weighted by atomic mass is 9.95. The van der Waals surface area contributed by atoms with E-state index in [1.807, 2.05) is 35.6 Å². The Morgan fingerprint density at radius 1 is 0.473 bits per heavy atom. The highest BCUT2D eigenvalue weighted by atomic mass is 32.1. The monoisotopic (exact) mass is 728 g/mol. The molecule has 264 valence electrons. The maximum Gasteiger partial charge on any atom is 0.118 e. The Balaban J connectivity index is 1.33. The van der Waals surface area contributed by atoms with Crippen molar-refractivity contribution in [1.82, 2.24) is 4.57 Å². The van der Waals surface area contributed by atoms with Gasteiger partial charge in [0.15, 0.2) is 0 Å². The molecule has 5 heteroatoms. The Kier molecular flexibility index (Phi) is 8.08. The molecule has 0 amide bonds. The number of aromatic nitrogens is 1. The van der Waals surface area contributed by atoms with Gasteiger partial charge in [-0.2, -0.15) is 0 Å². The summed E-state index contributed by atoms with van der Waals surface area (Å²) in [5, 5.41) is 4.88. The van der Waals surface area contributed by atoms with E-state index in [0.717, 1.165) is 72.9 Å². The molecule has 4 nitrogen and oxygen atoms in total. The first-order valence-electron chi connectivity index (χ1n) is 18.4. The van der Waals surface area contributed by atoms with Crippen LogP contribution in [0.15, 0.2) is 182 Å². The number of hydrogen-bond donors (Lipinski definition) is 0. The fraction of sp³-hybridized carbons (Fsp3) is 0.0400. The lowest BCUT2D eigenvalue weighted by molar-refractivity contribution is 0.415. The molecule has 0 saturated heterocycles. The predicted molar refractivity (Wildman–Crippen MR) is 232 cm³/mol. The smallest absolute Gasteiger partial charge is 0.118 e. The van der Waals surface area contributed by atoms with Gasteiger partial charge in [-0.25, -0.2) is 0 Å². The minimum absolute atomic E-state index is 0.825. The number of fused-ring (bicyclic) bond motifs is 6. The molecule has 0 bridgehead atoms. The van der Waals surface area contributed by atoms with E-state index >= 15 is 0 Å². The first-order valence-corrected chi connectivity index (χ1v) is 19.2. The summed E-state index contributed by atoms with van der Waals surface area (Å²) in [4.78, 5) is 2.43. The van der Waals surface area contributed by atoms with Crippen LogP contribution in [0.5, 0.6) is 11.5 Å². The zero-order valence-corrected chi connectivity index (χ0v) is 31.3. The van der Waals surface area contributed by atoms with Crippen molar-refractivity contribution in [1.29, 1.82) is 0 Å². The van der Waals surface area contributed by atoms with Crippen molar-refractivity contribution in [3.63, 3.8) is 0 Å². The van der Waals surface area contributed by atoms with Gasteiger partial charge in [-0.15, -0.1) is 11.3 Å². The van der Waals surface area contributed by atoms with Crippen LogP contribution in [-0.2, 0) is 0 Å². The highest BCUT2D eigenvalue weighted by Crippen LogP contribution is 2.48. The van der Waals surface area contributed by atoms with Crippen molar-refractivity contribution in [2.75, 3.05) is 19.1 Å². The summed E-state index contributed by atoms with van der Waals surface area (Å²) >= 11 is 1.85. The SMILES string of the molecule is COc1ccc(-c2cc(-c3ccc(OC)cc3)c3c(c2)c2c(N(c4ccccc4)c4ccc5sc6ccccc6c5c4)cccc2n3-c2ccccc2)cc1. The molecule has 0 spiro atoms. The van der Waals surface area contributed by atoms with Crippen LogP contribution in [0.1, 0.15) is 0 Å². The summed E-state index contributed by atoms with van der Waals surface area (Å²) in [7, 11) is 3.42. The molecule has 10 aromatic rings. The number of benzene rings is 8. The second kappa shape index (κ2) is 13.5. The van der Waals surface area contributed by atoms with Gasteiger partial charge < -0.3 is 18.9 Å². The first kappa shape index (κ1) is 32.8. The van der Waals surface area contributed by atoms with E-state index in [1.165, 1.54) is 25.6 Å². The van der Waals surface area contributed by atoms with Gasteiger partial charge in [-0.3, -0.25) is 0 Å². The Morgan fingerprint density at radius 3 is 1.85 bits per heavy atom. The minimum Gasteiger partial charge on any atom is -0.497 e. The van der Waals surface area contributed by atoms with Crippen LogP contribution in [0.2, 0.25) is 0 Å². The second-order valence-electron chi connectivity index (χ2n) is 13.7. The van der Waals surface area contributed by atoms with Crippen molar-refractivity contribution in [2.45, 2.75) is 0 Å². The van der Waals surface area contributed by atoms with Crippen molar-refractivity contribution in [3.8, 4) is 39.4 Å². The molecule has 0 unspecified atom stereocenters. The topological polar surface area (TPSA) is 26.6 Å². The third kappa shape index (κ3) is 5.60. The van der Waals surface area contributed by atoms with Gasteiger partial charge in [0, 0.05) is 53.6 Å². The fourth-order valence-electron chi connectivity index (χ4n) is 8.01. The third-order valence-electron chi connectivity index (χ3n) is 10.6. The van der Waals surface area contributed by atoms with Crippen LogP contribution >= 0.6 is 11.3 Å². The average molecular weight is 729 g/mol. The summed E-state index contributed by atoms with van der Waals surface area (Å²) in [5.41, 5.74) is 11.2. The van der Waals surface area contributed by atoms with Gasteiger partial charge in [-0.05, 0) is 114 Å². The molecule has 55 heavy (non-hydrogen) atoms. The number of nitrogens with zero attached hydrogens (tertiary/aromatic N) is 2. The predicted octanol–water partition coefficient (Wildman–Crippen LogP) is 14.0. The molecular formula is C50H36N2O2S. The number of thiophene rings is 1. The molecule has 8 aromatic carbocycles. The van der Waals surface area contributed by atoms with Crippen LogP contribution in [0.3, 0.4) is 0 Å². The lowest BCUT2D eigenvalue weighted by Crippen LogP contribution is -2.10. The maximum absolute atomic E-state index is 5.60. The highest BCUT2D eigenvalue weighted by molar-refractivity contribution is 7.25. The Hall–Kier alpha value is -6.82. The number of anilines is 3. The van der Waals surface area contributed by atoms with Crippen molar-refractivity contribution >= 4 is 70.4 Å². The average Bonchev–Trinajstić information content (AvgIpc) is 3.80. The van der Waals surface area contributed by atoms with Gasteiger partial charge in [0.2, 0.25) is 0 Å². The molecule has 0 aliphatic heterocycles. The quantitative estimate of drug-likeness (QED) is 0.156. The van der Waals surface area contributed by atoms with E-state index in [-0.39, 0.29) is 0 Å². The standard InChI is InChI=1S/C50H36N2O2S/c1-53-39-25-20-33(21-26-39)35-30-42(34-22-27-40(54-2)28-23-34)50-44(31-35)49-45(17-11-18-46(49)52(50)37-14-7-4-8-15-37)51(36-12-5-3-6-13-36)38-24-29-48-43(32-38)41-16-9-10-19-47(41)55-48/h3-32H,1-2H3. The Bertz CT molecular complexity index is 2980. The number of para-hydroxylation sites is 2. The van der Waals surface area contributed by atoms with Gasteiger partial charge >= 0.3 is 0 Å². The molecule has 0 atom stereocenters. The van der Waals surface area contributed by atoms with E-state index < -0.39 is 0 Å². The normalized spacial score (nSPS) is 11.5. The molecule has 10 rings (SSSR count). The molecule has 0 aliphatic rings. The Labute approximate surface area is 323 Å². The van der Waals surface area contributed by atoms with Gasteiger partial charge in [0.25, 0.3) is 0 Å². The van der Waals surface area contributed by atoms with E-state index in [9.17, 15) is 0 Å². The van der Waals surface area contributed by atoms with Crippen molar-refractivity contribution < 1.29 is 9.47 Å². The summed E-state index contributed by atoms with van der Waals surface area (Å²) in [6.07, 6.45) is 0. The van der Waals surface area contributed by atoms with Crippen LogP contribution < -0.4 is 14.4 Å².